The van der Waals surface area contributed by atoms with Gasteiger partial charge in [-0.3, -0.25) is 4.79 Å². The Bertz CT molecular complexity index is 1270. The monoisotopic (exact) mass is 529 g/mol. The van der Waals surface area contributed by atoms with Crippen LogP contribution < -0.4 is 10.2 Å². The summed E-state index contributed by atoms with van der Waals surface area (Å²) in [5.41, 5.74) is 1.95. The van der Waals surface area contributed by atoms with Gasteiger partial charge in [-0.1, -0.05) is 54.2 Å². The zero-order chi connectivity index (χ0) is 26.1. The van der Waals surface area contributed by atoms with Gasteiger partial charge in [0.25, 0.3) is 5.91 Å². The molecule has 3 atom stereocenters. The van der Waals surface area contributed by atoms with Crippen molar-refractivity contribution in [2.24, 2.45) is 4.99 Å². The molecule has 10 heteroatoms. The standard InChI is InChI=1S/C26H31N3O5S2/c1-17-9-8-12-19(13-17)29-21-15-36(32,33)16-22(21)35-24(29)28-23(30)20(14-18-10-6-5-7-11-18)27-25(31)34-26(2,3)4/h5-13,20-22H,14-16H2,1-4H3,(H,27,31)/t20-,21+,22-/m0/s1. The first-order chi connectivity index (χ1) is 16.9. The van der Waals surface area contributed by atoms with E-state index in [1.54, 1.807) is 20.8 Å². The zero-order valence-electron chi connectivity index (χ0n) is 20.8. The highest BCUT2D eigenvalue weighted by Gasteiger charge is 2.49. The Balaban J connectivity index is 1.65. The number of nitrogens with zero attached hydrogens (tertiary/aromatic N) is 2. The molecule has 2 saturated heterocycles. The van der Waals surface area contributed by atoms with E-state index in [0.717, 1.165) is 16.8 Å². The van der Waals surface area contributed by atoms with Crippen LogP contribution in [0.1, 0.15) is 31.9 Å². The Hall–Kier alpha value is -2.85. The molecule has 192 valence electrons. The van der Waals surface area contributed by atoms with Crippen molar-refractivity contribution in [3.05, 3.63) is 65.7 Å². The molecule has 36 heavy (non-hydrogen) atoms. The molecule has 2 aromatic carbocycles. The second kappa shape index (κ2) is 10.3. The predicted molar refractivity (Wildman–Crippen MR) is 143 cm³/mol. The molecule has 2 heterocycles. The van der Waals surface area contributed by atoms with Crippen LogP contribution in [0.3, 0.4) is 0 Å². The van der Waals surface area contributed by atoms with Gasteiger partial charge in [0, 0.05) is 17.4 Å². The number of anilines is 1. The molecular weight excluding hydrogens is 498 g/mol. The summed E-state index contributed by atoms with van der Waals surface area (Å²) in [5, 5.41) is 2.91. The molecule has 4 rings (SSSR count). The van der Waals surface area contributed by atoms with E-state index in [4.69, 9.17) is 4.74 Å². The molecule has 0 unspecified atom stereocenters. The fraction of sp³-hybridized carbons (Fsp3) is 0.423. The maximum atomic E-state index is 13.5. The van der Waals surface area contributed by atoms with Crippen LogP contribution in [0.2, 0.25) is 0 Å². The van der Waals surface area contributed by atoms with Gasteiger partial charge >= 0.3 is 6.09 Å². The van der Waals surface area contributed by atoms with E-state index in [0.29, 0.717) is 5.17 Å². The number of alkyl carbamates (subject to hydrolysis) is 1. The van der Waals surface area contributed by atoms with Crippen LogP contribution in [0.25, 0.3) is 0 Å². The Morgan fingerprint density at radius 3 is 2.53 bits per heavy atom. The minimum absolute atomic E-state index is 0.00935. The van der Waals surface area contributed by atoms with Gasteiger partial charge in [0.15, 0.2) is 15.0 Å². The number of aliphatic imine (C=N–C) groups is 1. The van der Waals surface area contributed by atoms with Crippen LogP contribution in [-0.4, -0.2) is 60.0 Å². The number of carbonyl (C=O) groups excluding carboxylic acids is 2. The van der Waals surface area contributed by atoms with Crippen molar-refractivity contribution in [1.29, 1.82) is 0 Å². The number of nitrogens with one attached hydrogen (secondary N) is 1. The molecule has 2 fully saturated rings. The van der Waals surface area contributed by atoms with Gasteiger partial charge in [-0.05, 0) is 51.0 Å². The first-order valence-electron chi connectivity index (χ1n) is 11.8. The van der Waals surface area contributed by atoms with Crippen LogP contribution in [0.4, 0.5) is 10.5 Å². The summed E-state index contributed by atoms with van der Waals surface area (Å²) < 4.78 is 30.1. The SMILES string of the molecule is Cc1cccc(N2C(=NC(=O)[C@H](Cc3ccccc3)NC(=O)OC(C)(C)C)S[C@H]3CS(=O)(=O)C[C@H]32)c1. The predicted octanol–water partition coefficient (Wildman–Crippen LogP) is 3.73. The maximum Gasteiger partial charge on any atom is 0.408 e. The number of benzene rings is 2. The number of amides is 2. The number of hydrogen-bond donors (Lipinski definition) is 1. The highest BCUT2D eigenvalue weighted by atomic mass is 32.2. The smallest absolute Gasteiger partial charge is 0.408 e. The van der Waals surface area contributed by atoms with Crippen molar-refractivity contribution in [3.8, 4) is 0 Å². The Kier molecular flexibility index (Phi) is 7.47. The normalized spacial score (nSPS) is 22.8. The van der Waals surface area contributed by atoms with Crippen molar-refractivity contribution in [2.75, 3.05) is 16.4 Å². The Labute approximate surface area is 216 Å². The summed E-state index contributed by atoms with van der Waals surface area (Å²) >= 11 is 1.31. The summed E-state index contributed by atoms with van der Waals surface area (Å²) in [6, 6.07) is 15.8. The van der Waals surface area contributed by atoms with E-state index in [2.05, 4.69) is 10.3 Å². The average molecular weight is 530 g/mol. The molecule has 8 nitrogen and oxygen atoms in total. The van der Waals surface area contributed by atoms with Crippen molar-refractivity contribution in [2.45, 2.75) is 57.1 Å². The maximum absolute atomic E-state index is 13.5. The number of amidine groups is 1. The lowest BCUT2D eigenvalue weighted by Crippen LogP contribution is -2.45. The minimum atomic E-state index is -3.17. The number of rotatable bonds is 5. The molecule has 0 radical (unpaired) electrons. The highest BCUT2D eigenvalue weighted by molar-refractivity contribution is 8.16. The topological polar surface area (TPSA) is 105 Å². The first kappa shape index (κ1) is 26.2. The molecule has 0 aromatic heterocycles. The van der Waals surface area contributed by atoms with Gasteiger partial charge in [-0.25, -0.2) is 13.2 Å². The molecular formula is C26H31N3O5S2. The van der Waals surface area contributed by atoms with Crippen LogP contribution in [0, 0.1) is 6.92 Å². The molecule has 2 aliphatic heterocycles. The number of hydrogen-bond acceptors (Lipinski definition) is 6. The third-order valence-corrected chi connectivity index (χ3v) is 9.03. The lowest BCUT2D eigenvalue weighted by molar-refractivity contribution is -0.119. The third kappa shape index (κ3) is 6.47. The highest BCUT2D eigenvalue weighted by Crippen LogP contribution is 2.41. The van der Waals surface area contributed by atoms with E-state index >= 15 is 0 Å². The van der Waals surface area contributed by atoms with Crippen molar-refractivity contribution < 1.29 is 22.7 Å². The summed E-state index contributed by atoms with van der Waals surface area (Å²) in [6.07, 6.45) is -0.457. The van der Waals surface area contributed by atoms with Crippen LogP contribution in [0.15, 0.2) is 59.6 Å². The molecule has 1 N–H and O–H groups in total. The van der Waals surface area contributed by atoms with Crippen molar-refractivity contribution >= 4 is 44.5 Å². The van der Waals surface area contributed by atoms with Crippen molar-refractivity contribution in [1.82, 2.24) is 5.32 Å². The molecule has 2 amide bonds. The zero-order valence-corrected chi connectivity index (χ0v) is 22.4. The quantitative estimate of drug-likeness (QED) is 0.629. The fourth-order valence-electron chi connectivity index (χ4n) is 4.32. The average Bonchev–Trinajstić information content (AvgIpc) is 3.23. The number of ether oxygens (including phenoxy) is 1. The lowest BCUT2D eigenvalue weighted by atomic mass is 10.1. The van der Waals surface area contributed by atoms with Gasteiger partial charge in [0.1, 0.15) is 11.6 Å². The van der Waals surface area contributed by atoms with Gasteiger partial charge < -0.3 is 15.0 Å². The second-order valence-electron chi connectivity index (χ2n) is 10.1. The van der Waals surface area contributed by atoms with Gasteiger partial charge in [0.05, 0.1) is 17.5 Å². The summed E-state index contributed by atoms with van der Waals surface area (Å²) in [6.45, 7) is 7.21. The van der Waals surface area contributed by atoms with E-state index in [9.17, 15) is 18.0 Å². The van der Waals surface area contributed by atoms with Gasteiger partial charge in [-0.2, -0.15) is 4.99 Å². The van der Waals surface area contributed by atoms with Gasteiger partial charge in [-0.15, -0.1) is 0 Å². The molecule has 2 aliphatic rings. The third-order valence-electron chi connectivity index (χ3n) is 5.82. The fourth-order valence-corrected chi connectivity index (χ4v) is 8.24. The van der Waals surface area contributed by atoms with E-state index in [1.165, 1.54) is 11.8 Å². The summed E-state index contributed by atoms with van der Waals surface area (Å²) in [5.74, 6) is -0.468. The molecule has 2 aromatic rings. The Morgan fingerprint density at radius 1 is 1.14 bits per heavy atom. The van der Waals surface area contributed by atoms with E-state index in [1.807, 2.05) is 66.4 Å². The van der Waals surface area contributed by atoms with Crippen LogP contribution >= 0.6 is 11.8 Å². The second-order valence-corrected chi connectivity index (χ2v) is 13.5. The number of sulfone groups is 1. The minimum Gasteiger partial charge on any atom is -0.444 e. The van der Waals surface area contributed by atoms with Crippen LogP contribution in [0.5, 0.6) is 0 Å². The molecule has 0 spiro atoms. The molecule has 0 aliphatic carbocycles. The Morgan fingerprint density at radius 2 is 1.86 bits per heavy atom. The van der Waals surface area contributed by atoms with Crippen LogP contribution in [-0.2, 0) is 25.8 Å². The lowest BCUT2D eigenvalue weighted by Gasteiger charge is -2.25. The summed E-state index contributed by atoms with van der Waals surface area (Å²) in [7, 11) is -3.17. The number of fused-ring (bicyclic) bond motifs is 1. The molecule has 0 bridgehead atoms. The van der Waals surface area contributed by atoms with E-state index < -0.39 is 33.5 Å². The number of thioether (sulfide) groups is 1. The summed E-state index contributed by atoms with van der Waals surface area (Å²) in [4.78, 5) is 32.3. The van der Waals surface area contributed by atoms with Gasteiger partial charge in [0.2, 0.25) is 0 Å². The largest absolute Gasteiger partial charge is 0.444 e. The first-order valence-corrected chi connectivity index (χ1v) is 14.5. The molecule has 0 saturated carbocycles. The number of carbonyl (C=O) groups is 2. The van der Waals surface area contributed by atoms with E-state index in [-0.39, 0.29) is 29.2 Å². The van der Waals surface area contributed by atoms with Crippen molar-refractivity contribution in [3.63, 3.8) is 0 Å². The number of aryl methyl sites for hydroxylation is 1.